The summed E-state index contributed by atoms with van der Waals surface area (Å²) in [6, 6.07) is 63.4. The van der Waals surface area contributed by atoms with Gasteiger partial charge in [0.25, 0.3) is 27.7 Å². The average Bonchev–Trinajstić information content (AvgIpc) is 0.826. The van der Waals surface area contributed by atoms with E-state index < -0.39 is 41.9 Å². The van der Waals surface area contributed by atoms with Crippen LogP contribution in [0.2, 0.25) is 0 Å². The number of carbonyl (C=O) groups is 6. The first-order chi connectivity index (χ1) is 46.6. The number of sulfonamides is 3. The highest BCUT2D eigenvalue weighted by Crippen LogP contribution is 2.25. The van der Waals surface area contributed by atoms with Crippen LogP contribution in [0.1, 0.15) is 125 Å². The Morgan fingerprint density at radius 3 is 1.45 bits per heavy atom. The number of hydrogen-bond acceptors (Lipinski definition) is 15. The van der Waals surface area contributed by atoms with Crippen molar-refractivity contribution in [3.63, 3.8) is 0 Å². The van der Waals surface area contributed by atoms with Crippen molar-refractivity contribution in [3.05, 3.63) is 292 Å². The van der Waals surface area contributed by atoms with Crippen molar-refractivity contribution in [1.29, 1.82) is 5.26 Å². The largest absolute Gasteiger partial charge is 0.478 e. The number of carboxylic acids is 1. The van der Waals surface area contributed by atoms with Gasteiger partial charge in [0.15, 0.2) is 11.6 Å². The number of rotatable bonds is 24. The smallest absolute Gasteiger partial charge is 0.337 e. The van der Waals surface area contributed by atoms with Gasteiger partial charge < -0.3 is 31.7 Å². The van der Waals surface area contributed by atoms with Crippen LogP contribution < -0.4 is 40.8 Å². The Balaban J connectivity index is 0.000000239. The standard InChI is InChI=1S/C24H26N2O3S.C17H16N4O.C17H18N2O4S.C15H13NO5S.CH4/c1-2-3-9-19-14-16-21(17-15-19)25-24(27)22-12-7-8-13-23(22)26-30(28,29)18-20-10-5-4-6-11-20;1-12(19)21(2)16-6-4-3-5-15(16)17(22)20-14-9-7-13(11-18)8-10-14;1-12(20)14-9-7-13(8-10-14)11-18-17(21)15-5-3-4-6-16(15)19-24(2,22)23;1-10(17)11-6-8-12(9-7-11)22(20,21)16-14-5-3-2-4-13(14)15(18)19;/h4-8,10-17,26H,2-3,9,18H2,1H3,(H,25,27);3-10H,1,19H2,2H3,(H,20,22);3-10,19H,11H2,1-2H3,(H,18,21);2-9,16H,1H3,(H,18,19);1H4. The van der Waals surface area contributed by atoms with E-state index in [1.54, 1.807) is 145 Å². The van der Waals surface area contributed by atoms with Gasteiger partial charge in [-0.05, 0) is 140 Å². The molecule has 0 heterocycles. The number of anilines is 6. The van der Waals surface area contributed by atoms with Crippen LogP contribution in [0, 0.1) is 11.3 Å². The molecule has 514 valence electrons. The number of para-hydroxylation sites is 4. The van der Waals surface area contributed by atoms with Crippen LogP contribution in [0.4, 0.5) is 34.1 Å². The first kappa shape index (κ1) is 78.0. The fourth-order valence-corrected chi connectivity index (χ4v) is 11.9. The zero-order valence-electron chi connectivity index (χ0n) is 54.1. The Morgan fingerprint density at radius 1 is 0.525 bits per heavy atom. The van der Waals surface area contributed by atoms with Crippen molar-refractivity contribution >= 4 is 99.5 Å². The first-order valence-electron chi connectivity index (χ1n) is 30.1. The number of ketones is 2. The lowest BCUT2D eigenvalue weighted by Crippen LogP contribution is -2.25. The summed E-state index contributed by atoms with van der Waals surface area (Å²) in [4.78, 5) is 72.6. The fraction of sp³-hybridized carbons (Fsp3) is 0.149. The molecule has 9 N–H and O–H groups in total. The Morgan fingerprint density at radius 2 is 0.960 bits per heavy atom. The predicted molar refractivity (Wildman–Crippen MR) is 389 cm³/mol. The van der Waals surface area contributed by atoms with Gasteiger partial charge in [0, 0.05) is 36.1 Å². The lowest BCUT2D eigenvalue weighted by Gasteiger charge is -2.21. The zero-order valence-corrected chi connectivity index (χ0v) is 56.6. The molecule has 0 unspecified atom stereocenters. The summed E-state index contributed by atoms with van der Waals surface area (Å²) < 4.78 is 79.6. The summed E-state index contributed by atoms with van der Waals surface area (Å²) in [6.45, 7) is 8.97. The minimum absolute atomic E-state index is 0. The van der Waals surface area contributed by atoms with E-state index in [1.807, 2.05) is 42.5 Å². The highest BCUT2D eigenvalue weighted by Gasteiger charge is 2.21. The molecule has 99 heavy (non-hydrogen) atoms. The van der Waals surface area contributed by atoms with Gasteiger partial charge >= 0.3 is 5.97 Å². The summed E-state index contributed by atoms with van der Waals surface area (Å²) >= 11 is 0. The highest BCUT2D eigenvalue weighted by atomic mass is 32.2. The number of carboxylic acid groups (broad SMARTS) is 1. The van der Waals surface area contributed by atoms with Gasteiger partial charge in [-0.3, -0.25) is 38.1 Å². The molecule has 9 aromatic rings. The summed E-state index contributed by atoms with van der Waals surface area (Å²) in [5.41, 5.74) is 13.2. The van der Waals surface area contributed by atoms with Crippen LogP contribution >= 0.6 is 0 Å². The number of nitrogens with one attached hydrogen (secondary N) is 6. The van der Waals surface area contributed by atoms with Crippen LogP contribution in [0.5, 0.6) is 0 Å². The normalized spacial score (nSPS) is 10.6. The summed E-state index contributed by atoms with van der Waals surface area (Å²) in [5, 5.41) is 26.2. The number of unbranched alkanes of at least 4 members (excludes halogenated alkanes) is 1. The second kappa shape index (κ2) is 37.0. The number of carbonyl (C=O) groups excluding carboxylic acids is 5. The average molecular weight is 1400 g/mol. The molecule has 0 aliphatic rings. The van der Waals surface area contributed by atoms with Gasteiger partial charge in [0.1, 0.15) is 0 Å². The van der Waals surface area contributed by atoms with Gasteiger partial charge in [-0.25, -0.2) is 30.0 Å². The van der Waals surface area contributed by atoms with Gasteiger partial charge in [-0.2, -0.15) is 5.26 Å². The lowest BCUT2D eigenvalue weighted by molar-refractivity contribution is 0.0696. The first-order valence-corrected chi connectivity index (χ1v) is 35.1. The van der Waals surface area contributed by atoms with Crippen LogP contribution in [0.15, 0.2) is 242 Å². The summed E-state index contributed by atoms with van der Waals surface area (Å²) in [7, 11) is -9.33. The molecular weight excluding hydrogens is 1320 g/mol. The van der Waals surface area contributed by atoms with Gasteiger partial charge in [0.05, 0.1) is 79.4 Å². The molecule has 0 aliphatic carbocycles. The molecule has 0 fully saturated rings. The number of aromatic carboxylic acids is 1. The van der Waals surface area contributed by atoms with Crippen molar-refractivity contribution in [2.45, 2.75) is 64.7 Å². The molecular formula is C74H77N9O13S3. The number of nitriles is 1. The molecule has 3 amide bonds. The number of hydrogen-bond donors (Lipinski definition) is 8. The van der Waals surface area contributed by atoms with E-state index in [2.05, 4.69) is 43.6 Å². The molecule has 0 aromatic heterocycles. The van der Waals surface area contributed by atoms with Crippen LogP contribution in [-0.4, -0.2) is 78.9 Å². The van der Waals surface area contributed by atoms with Crippen LogP contribution in [-0.2, 0) is 48.8 Å². The molecule has 0 atom stereocenters. The maximum Gasteiger partial charge on any atom is 0.337 e. The highest BCUT2D eigenvalue weighted by molar-refractivity contribution is 7.93. The fourth-order valence-electron chi connectivity index (χ4n) is 8.98. The number of benzene rings is 9. The number of aryl methyl sites for hydroxylation is 1. The van der Waals surface area contributed by atoms with E-state index in [1.165, 1.54) is 74.0 Å². The van der Waals surface area contributed by atoms with E-state index in [-0.39, 0.29) is 81.8 Å². The third-order valence-electron chi connectivity index (χ3n) is 14.1. The Kier molecular flexibility index (Phi) is 29.1. The van der Waals surface area contributed by atoms with E-state index >= 15 is 0 Å². The molecule has 25 heteroatoms. The van der Waals surface area contributed by atoms with Crippen molar-refractivity contribution in [1.82, 2.24) is 5.32 Å². The monoisotopic (exact) mass is 1400 g/mol. The molecule has 9 aromatic carbocycles. The number of nitrogens with zero attached hydrogens (tertiary/aromatic N) is 2. The summed E-state index contributed by atoms with van der Waals surface area (Å²) in [6.07, 6.45) is 4.30. The lowest BCUT2D eigenvalue weighted by atomic mass is 10.1. The van der Waals surface area contributed by atoms with Crippen molar-refractivity contribution in [3.8, 4) is 6.07 Å². The Bertz CT molecular complexity index is 4710. The topological polar surface area (TPSA) is 350 Å². The summed E-state index contributed by atoms with van der Waals surface area (Å²) in [5.74, 6) is -2.26. The Hall–Kier alpha value is -11.7. The van der Waals surface area contributed by atoms with Crippen LogP contribution in [0.25, 0.3) is 0 Å². The molecule has 0 spiro atoms. The number of amides is 3. The molecule has 0 radical (unpaired) electrons. The van der Waals surface area contributed by atoms with Crippen molar-refractivity contribution in [2.24, 2.45) is 5.73 Å². The molecule has 0 saturated carbocycles. The SMILES string of the molecule is C.C=C(N)N(C)c1ccccc1C(=O)Nc1ccc(C#N)cc1.CC(=O)c1ccc(CNC(=O)c2ccccc2NS(C)(=O)=O)cc1.CC(=O)c1ccc(S(=O)(=O)Nc2ccccc2C(=O)O)cc1.CCCCc1ccc(NC(=O)c2ccccc2NS(=O)(=O)Cc2ccccc2)cc1. The van der Waals surface area contributed by atoms with Gasteiger partial charge in [-0.1, -0.05) is 155 Å². The molecule has 0 bridgehead atoms. The maximum atomic E-state index is 12.8. The van der Waals surface area contributed by atoms with Crippen molar-refractivity contribution in [2.75, 3.05) is 43.0 Å². The number of nitrogens with two attached hydrogens (primary N) is 1. The molecule has 22 nitrogen and oxygen atoms in total. The van der Waals surface area contributed by atoms with Crippen molar-refractivity contribution < 1.29 is 59.1 Å². The predicted octanol–water partition coefficient (Wildman–Crippen LogP) is 13.1. The quantitative estimate of drug-likeness (QED) is 0.0261. The van der Waals surface area contributed by atoms with E-state index in [0.29, 0.717) is 50.7 Å². The second-order valence-electron chi connectivity index (χ2n) is 21.8. The third kappa shape index (κ3) is 24.8. The maximum absolute atomic E-state index is 12.8. The van der Waals surface area contributed by atoms with Gasteiger partial charge in [-0.15, -0.1) is 0 Å². The van der Waals surface area contributed by atoms with Gasteiger partial charge in [0.2, 0.25) is 20.0 Å². The molecule has 0 aliphatic heterocycles. The van der Waals surface area contributed by atoms with Crippen LogP contribution in [0.3, 0.4) is 0 Å². The number of Topliss-reactive ketones (excluding diaryl/α,β-unsaturated/α-hetero) is 2. The second-order valence-corrected chi connectivity index (χ2v) is 26.9. The third-order valence-corrected chi connectivity index (χ3v) is 17.4. The zero-order chi connectivity index (χ0) is 71.6. The Labute approximate surface area is 577 Å². The molecule has 0 saturated heterocycles. The van der Waals surface area contributed by atoms with E-state index in [9.17, 15) is 54.0 Å². The van der Waals surface area contributed by atoms with E-state index in [4.69, 9.17) is 16.1 Å². The van der Waals surface area contributed by atoms with E-state index in [0.717, 1.165) is 31.1 Å². The molecule has 9 rings (SSSR count). The minimum Gasteiger partial charge on any atom is -0.478 e. The minimum atomic E-state index is -3.94.